The molecule has 0 aliphatic carbocycles. The van der Waals surface area contributed by atoms with Crippen molar-refractivity contribution in [3.8, 4) is 16.3 Å². The topological polar surface area (TPSA) is 65.9 Å². The largest absolute Gasteiger partial charge is 0.497 e. The van der Waals surface area contributed by atoms with Gasteiger partial charge in [0, 0.05) is 29.6 Å². The third kappa shape index (κ3) is 3.54. The molecule has 2 aliphatic heterocycles. The number of nitrogens with zero attached hydrogens (tertiary/aromatic N) is 3. The molecule has 27 heavy (non-hydrogen) atoms. The molecule has 1 aromatic carbocycles. The number of methoxy groups -OCH3 is 1. The Morgan fingerprint density at radius 2 is 2.30 bits per heavy atom. The minimum Gasteiger partial charge on any atom is -0.497 e. The average Bonchev–Trinajstić information content (AvgIpc) is 3.18. The van der Waals surface area contributed by atoms with Crippen LogP contribution in [0, 0.1) is 0 Å². The molecular formula is C19H18IN3O3S. The number of ether oxygens (including phenoxy) is 1. The first-order chi connectivity index (χ1) is 13.1. The van der Waals surface area contributed by atoms with Crippen molar-refractivity contribution in [2.24, 2.45) is 0 Å². The molecule has 2 atom stereocenters. The molecule has 0 spiro atoms. The summed E-state index contributed by atoms with van der Waals surface area (Å²) in [5.41, 5.74) is 1.66. The molecule has 1 saturated heterocycles. The minimum absolute atomic E-state index is 0.0694. The molecule has 2 aliphatic rings. The van der Waals surface area contributed by atoms with Crippen LogP contribution in [0.5, 0.6) is 5.75 Å². The fourth-order valence-corrected chi connectivity index (χ4v) is 4.87. The molecule has 1 N–H and O–H groups in total. The number of aromatic nitrogens is 1. The first-order valence-electron chi connectivity index (χ1n) is 8.46. The Balaban J connectivity index is 1.58. The van der Waals surface area contributed by atoms with Crippen LogP contribution >= 0.6 is 33.9 Å². The van der Waals surface area contributed by atoms with Crippen LogP contribution in [0.3, 0.4) is 0 Å². The van der Waals surface area contributed by atoms with Gasteiger partial charge in [-0.25, -0.2) is 4.98 Å². The molecule has 1 fully saturated rings. The third-order valence-corrected chi connectivity index (χ3v) is 6.83. The second-order valence-corrected chi connectivity index (χ2v) is 8.56. The number of halogens is 1. The van der Waals surface area contributed by atoms with E-state index in [1.54, 1.807) is 18.4 Å². The van der Waals surface area contributed by atoms with Crippen molar-refractivity contribution < 1.29 is 14.7 Å². The van der Waals surface area contributed by atoms with E-state index in [1.807, 2.05) is 76.2 Å². The predicted octanol–water partition coefficient (Wildman–Crippen LogP) is 3.48. The van der Waals surface area contributed by atoms with Gasteiger partial charge in [-0.15, -0.1) is 16.4 Å². The quantitative estimate of drug-likeness (QED) is 0.398. The number of ketones is 1. The highest BCUT2D eigenvalue weighted by atomic mass is 127. The Labute approximate surface area is 174 Å². The van der Waals surface area contributed by atoms with Crippen LogP contribution in [0.1, 0.15) is 4.88 Å². The van der Waals surface area contributed by atoms with Gasteiger partial charge in [-0.1, -0.05) is 46.9 Å². The molecule has 0 radical (unpaired) electrons. The van der Waals surface area contributed by atoms with Gasteiger partial charge >= 0.3 is 0 Å². The smallest absolute Gasteiger partial charge is 0.208 e. The van der Waals surface area contributed by atoms with Crippen LogP contribution < -0.4 is 4.74 Å². The van der Waals surface area contributed by atoms with Crippen LogP contribution in [0.4, 0.5) is 0 Å². The van der Waals surface area contributed by atoms with Crippen molar-refractivity contribution in [1.82, 2.24) is 14.9 Å². The molecule has 8 heteroatoms. The number of Topliss-reactive ketones (excluding diaryl/α,β-unsaturated/α-hetero) is 1. The Morgan fingerprint density at radius 1 is 1.44 bits per heavy atom. The number of hydroxylamine groups is 2. The van der Waals surface area contributed by atoms with Gasteiger partial charge in [0.25, 0.3) is 0 Å². The highest BCUT2D eigenvalue weighted by Crippen LogP contribution is 2.33. The van der Waals surface area contributed by atoms with Crippen molar-refractivity contribution in [3.05, 3.63) is 59.3 Å². The lowest BCUT2D eigenvalue weighted by atomic mass is 10.1. The summed E-state index contributed by atoms with van der Waals surface area (Å²) in [6, 6.07) is 7.80. The van der Waals surface area contributed by atoms with Crippen molar-refractivity contribution in [2.45, 2.75) is 16.6 Å². The first kappa shape index (κ1) is 18.6. The van der Waals surface area contributed by atoms with Gasteiger partial charge in [0.2, 0.25) is 5.78 Å². The van der Waals surface area contributed by atoms with Gasteiger partial charge < -0.3 is 14.8 Å². The predicted molar refractivity (Wildman–Crippen MR) is 112 cm³/mol. The Kier molecular flexibility index (Phi) is 5.31. The Hall–Kier alpha value is -1.75. The second kappa shape index (κ2) is 7.70. The maximum absolute atomic E-state index is 12.4. The van der Waals surface area contributed by atoms with E-state index in [-0.39, 0.29) is 11.9 Å². The second-order valence-electron chi connectivity index (χ2n) is 6.26. The molecular weight excluding hydrogens is 477 g/mol. The van der Waals surface area contributed by atoms with Crippen LogP contribution in [0.2, 0.25) is 0 Å². The van der Waals surface area contributed by atoms with Gasteiger partial charge in [-0.3, -0.25) is 4.79 Å². The molecule has 0 amide bonds. The summed E-state index contributed by atoms with van der Waals surface area (Å²) < 4.78 is 4.69. The van der Waals surface area contributed by atoms with E-state index in [9.17, 15) is 10.0 Å². The lowest BCUT2D eigenvalue weighted by molar-refractivity contribution is -0.187. The van der Waals surface area contributed by atoms with Crippen molar-refractivity contribution >= 4 is 39.7 Å². The van der Waals surface area contributed by atoms with Gasteiger partial charge in [0.15, 0.2) is 4.05 Å². The molecule has 6 nitrogen and oxygen atoms in total. The number of hydrogen-bond acceptors (Lipinski definition) is 7. The van der Waals surface area contributed by atoms with E-state index in [0.717, 1.165) is 26.3 Å². The van der Waals surface area contributed by atoms with E-state index in [0.29, 0.717) is 18.7 Å². The number of carbonyl (C=O) groups excluding carboxylic acids is 1. The normalized spacial score (nSPS) is 22.6. The van der Waals surface area contributed by atoms with Gasteiger partial charge in [-0.2, -0.15) is 0 Å². The standard InChI is InChI=1S/C19H18IN3O3S/c1-26-13-6-4-5-12(9-13)19-21-11-14(27-19)10-16-22-8-3-2-7-15(22)17(24)18(20)23(16)25/h2-7,9,11,16,18,25H,8,10H2,1H3. The minimum atomic E-state index is -0.590. The highest BCUT2D eigenvalue weighted by molar-refractivity contribution is 14.1. The fraction of sp³-hybridized carbons (Fsp3) is 0.263. The molecule has 0 saturated carbocycles. The fourth-order valence-electron chi connectivity index (χ4n) is 3.24. The number of thiazole rings is 1. The zero-order chi connectivity index (χ0) is 19.0. The monoisotopic (exact) mass is 495 g/mol. The lowest BCUT2D eigenvalue weighted by Crippen LogP contribution is -2.59. The van der Waals surface area contributed by atoms with E-state index < -0.39 is 4.05 Å². The number of fused-ring (bicyclic) bond motifs is 1. The number of allylic oxidation sites excluding steroid dienone is 2. The summed E-state index contributed by atoms with van der Waals surface area (Å²) in [6.07, 6.45) is 7.82. The lowest BCUT2D eigenvalue weighted by Gasteiger charge is -2.45. The molecule has 1 aromatic heterocycles. The number of rotatable bonds is 4. The molecule has 0 bridgehead atoms. The number of benzene rings is 1. The number of hydrogen-bond donors (Lipinski definition) is 1. The summed E-state index contributed by atoms with van der Waals surface area (Å²) in [5.74, 6) is 0.722. The van der Waals surface area contributed by atoms with Gasteiger partial charge in [0.1, 0.15) is 16.9 Å². The van der Waals surface area contributed by atoms with E-state index in [1.165, 1.54) is 0 Å². The Bertz CT molecular complexity index is 926. The molecule has 4 rings (SSSR count). The third-order valence-electron chi connectivity index (χ3n) is 4.62. The maximum atomic E-state index is 12.4. The SMILES string of the molecule is COc1cccc(-c2ncc(CC3N4CC=CC=C4C(=O)C(I)N3O)s2)c1. The molecule has 2 unspecified atom stereocenters. The van der Waals surface area contributed by atoms with Crippen molar-refractivity contribution in [2.75, 3.05) is 13.7 Å². The summed E-state index contributed by atoms with van der Waals surface area (Å²) >= 11 is 3.57. The number of carbonyl (C=O) groups is 1. The van der Waals surface area contributed by atoms with Gasteiger partial charge in [-0.05, 0) is 18.2 Å². The molecule has 3 heterocycles. The van der Waals surface area contributed by atoms with Crippen LogP contribution in [0.25, 0.3) is 10.6 Å². The Morgan fingerprint density at radius 3 is 3.11 bits per heavy atom. The van der Waals surface area contributed by atoms with Crippen LogP contribution in [0.15, 0.2) is 54.4 Å². The average molecular weight is 495 g/mol. The molecule has 2 aromatic rings. The zero-order valence-electron chi connectivity index (χ0n) is 14.6. The summed E-state index contributed by atoms with van der Waals surface area (Å²) in [6.45, 7) is 0.601. The van der Waals surface area contributed by atoms with Crippen LogP contribution in [-0.4, -0.2) is 49.8 Å². The summed E-state index contributed by atoms with van der Waals surface area (Å²) in [4.78, 5) is 20.0. The summed E-state index contributed by atoms with van der Waals surface area (Å²) in [5, 5.41) is 12.6. The van der Waals surface area contributed by atoms with E-state index in [2.05, 4.69) is 4.98 Å². The zero-order valence-corrected chi connectivity index (χ0v) is 17.6. The highest BCUT2D eigenvalue weighted by Gasteiger charge is 2.42. The van der Waals surface area contributed by atoms with Crippen molar-refractivity contribution in [1.29, 1.82) is 0 Å². The van der Waals surface area contributed by atoms with Gasteiger partial charge in [0.05, 0.1) is 12.8 Å². The van der Waals surface area contributed by atoms with E-state index >= 15 is 0 Å². The number of alkyl halides is 1. The molecule has 140 valence electrons. The first-order valence-corrected chi connectivity index (χ1v) is 10.5. The van der Waals surface area contributed by atoms with E-state index in [4.69, 9.17) is 4.74 Å². The maximum Gasteiger partial charge on any atom is 0.208 e. The van der Waals surface area contributed by atoms with Crippen LogP contribution in [-0.2, 0) is 11.2 Å². The van der Waals surface area contributed by atoms with Crippen molar-refractivity contribution in [3.63, 3.8) is 0 Å². The summed E-state index contributed by atoms with van der Waals surface area (Å²) in [7, 11) is 1.64.